The van der Waals surface area contributed by atoms with Crippen LogP contribution < -0.4 is 5.73 Å². The molecule has 2 N–H and O–H groups in total. The van der Waals surface area contributed by atoms with Crippen LogP contribution >= 0.6 is 0 Å². The van der Waals surface area contributed by atoms with Crippen molar-refractivity contribution in [3.05, 3.63) is 0 Å². The van der Waals surface area contributed by atoms with Crippen LogP contribution in [-0.2, 0) is 38.1 Å². The van der Waals surface area contributed by atoms with E-state index in [2.05, 4.69) is 0 Å². The van der Waals surface area contributed by atoms with Crippen LogP contribution in [0.25, 0.3) is 0 Å². The quantitative estimate of drug-likeness (QED) is 0.288. The molecule has 1 saturated heterocycles. The van der Waals surface area contributed by atoms with Crippen molar-refractivity contribution in [3.8, 4) is 0 Å². The van der Waals surface area contributed by atoms with Gasteiger partial charge in [-0.2, -0.15) is 0 Å². The molecule has 0 spiro atoms. The van der Waals surface area contributed by atoms with E-state index in [1.54, 1.807) is 0 Å². The molecule has 0 radical (unpaired) electrons. The summed E-state index contributed by atoms with van der Waals surface area (Å²) in [5, 5.41) is 0. The maximum absolute atomic E-state index is 12.8. The Morgan fingerprint density at radius 1 is 0.581 bits per heavy atom. The minimum Gasteiger partial charge on any atom is -0.468 e. The standard InChI is InChI=1S/C30H57N5O8/c1-28(2,3)41-24(36)20-32-11-13-33(21-25(37)42-29(4,5)6)15-17-35(23(19-31)27(39)40-10)18-16-34(14-12-32)22-26(38)43-30(7,8)9/h23H,11-22,31H2,1-10H3. The molecule has 1 heterocycles. The minimum atomic E-state index is -0.691. The topological polar surface area (TPSA) is 144 Å². The highest BCUT2D eigenvalue weighted by Crippen LogP contribution is 2.12. The van der Waals surface area contributed by atoms with Gasteiger partial charge in [0.05, 0.1) is 26.7 Å². The smallest absolute Gasteiger partial charge is 0.324 e. The van der Waals surface area contributed by atoms with E-state index in [0.717, 1.165) is 0 Å². The Morgan fingerprint density at radius 3 is 1.09 bits per heavy atom. The largest absolute Gasteiger partial charge is 0.468 e. The molecule has 0 bridgehead atoms. The molecule has 1 atom stereocenters. The summed E-state index contributed by atoms with van der Waals surface area (Å²) in [6.07, 6.45) is 0. The summed E-state index contributed by atoms with van der Waals surface area (Å²) in [6.45, 7) is 20.0. The van der Waals surface area contributed by atoms with E-state index in [-0.39, 0.29) is 44.1 Å². The predicted octanol–water partition coefficient (Wildman–Crippen LogP) is 0.733. The van der Waals surface area contributed by atoms with Gasteiger partial charge < -0.3 is 24.7 Å². The maximum atomic E-state index is 12.8. The predicted molar refractivity (Wildman–Crippen MR) is 163 cm³/mol. The number of rotatable bonds is 9. The Labute approximate surface area is 258 Å². The number of nitrogens with two attached hydrogens (primary N) is 1. The minimum absolute atomic E-state index is 0.0433. The van der Waals surface area contributed by atoms with E-state index in [4.69, 9.17) is 24.7 Å². The maximum Gasteiger partial charge on any atom is 0.324 e. The van der Waals surface area contributed by atoms with Gasteiger partial charge in [-0.3, -0.25) is 38.8 Å². The van der Waals surface area contributed by atoms with E-state index in [0.29, 0.717) is 52.4 Å². The number of carbonyl (C=O) groups is 4. The Kier molecular flexibility index (Phi) is 15.5. The first kappa shape index (κ1) is 38.7. The third kappa shape index (κ3) is 17.5. The van der Waals surface area contributed by atoms with E-state index < -0.39 is 28.8 Å². The van der Waals surface area contributed by atoms with Crippen molar-refractivity contribution in [2.75, 3.05) is 85.6 Å². The van der Waals surface area contributed by atoms with Crippen molar-refractivity contribution in [3.63, 3.8) is 0 Å². The zero-order chi connectivity index (χ0) is 33.0. The molecule has 1 unspecified atom stereocenters. The van der Waals surface area contributed by atoms with Gasteiger partial charge in [0.1, 0.15) is 22.8 Å². The second-order valence-electron chi connectivity index (χ2n) is 13.9. The molecule has 13 heteroatoms. The van der Waals surface area contributed by atoms with Crippen LogP contribution in [0.2, 0.25) is 0 Å². The number of ether oxygens (including phenoxy) is 4. The number of esters is 4. The molecular formula is C30H57N5O8. The molecule has 1 rings (SSSR count). The summed E-state index contributed by atoms with van der Waals surface area (Å²) in [6, 6.07) is -0.691. The zero-order valence-corrected chi connectivity index (χ0v) is 28.2. The summed E-state index contributed by atoms with van der Waals surface area (Å²) in [5.41, 5.74) is 4.11. The molecule has 250 valence electrons. The molecule has 0 aromatic rings. The van der Waals surface area contributed by atoms with Gasteiger partial charge in [0.15, 0.2) is 0 Å². The van der Waals surface area contributed by atoms with Crippen molar-refractivity contribution in [1.82, 2.24) is 19.6 Å². The second kappa shape index (κ2) is 17.2. The van der Waals surface area contributed by atoms with Crippen LogP contribution in [0.5, 0.6) is 0 Å². The Bertz CT molecular complexity index is 864. The fourth-order valence-corrected chi connectivity index (χ4v) is 4.54. The van der Waals surface area contributed by atoms with Crippen molar-refractivity contribution in [2.24, 2.45) is 5.73 Å². The highest BCUT2D eigenvalue weighted by atomic mass is 16.6. The average molecular weight is 616 g/mol. The number of carbonyl (C=O) groups excluding carboxylic acids is 4. The molecular weight excluding hydrogens is 558 g/mol. The fourth-order valence-electron chi connectivity index (χ4n) is 4.54. The molecule has 13 nitrogen and oxygen atoms in total. The number of nitrogens with zero attached hydrogens (tertiary/aromatic N) is 4. The van der Waals surface area contributed by atoms with Gasteiger partial charge in [0, 0.05) is 58.9 Å². The lowest BCUT2D eigenvalue weighted by molar-refractivity contribution is -0.158. The van der Waals surface area contributed by atoms with Crippen molar-refractivity contribution < 1.29 is 38.1 Å². The lowest BCUT2D eigenvalue weighted by Crippen LogP contribution is -2.54. The van der Waals surface area contributed by atoms with E-state index in [1.165, 1.54) is 7.11 Å². The lowest BCUT2D eigenvalue weighted by Gasteiger charge is -2.36. The van der Waals surface area contributed by atoms with E-state index in [9.17, 15) is 19.2 Å². The Balaban J connectivity index is 3.29. The fraction of sp³-hybridized carbons (Fsp3) is 0.867. The third-order valence-corrected chi connectivity index (χ3v) is 6.33. The summed E-state index contributed by atoms with van der Waals surface area (Å²) in [7, 11) is 1.32. The SMILES string of the molecule is COC(=O)C(CN)N1CCN(CC(=O)OC(C)(C)C)CCN(CC(=O)OC(C)(C)C)CCN(CC(=O)OC(C)(C)C)CC1. The lowest BCUT2D eigenvalue weighted by atomic mass is 10.2. The van der Waals surface area contributed by atoms with Crippen molar-refractivity contribution >= 4 is 23.9 Å². The van der Waals surface area contributed by atoms with Crippen LogP contribution in [0.15, 0.2) is 0 Å². The first-order valence-electron chi connectivity index (χ1n) is 15.1. The Hall–Kier alpha value is -2.32. The molecule has 0 aliphatic carbocycles. The van der Waals surface area contributed by atoms with Gasteiger partial charge in [-0.25, -0.2) is 0 Å². The van der Waals surface area contributed by atoms with Gasteiger partial charge in [-0.1, -0.05) is 0 Å². The third-order valence-electron chi connectivity index (χ3n) is 6.33. The average Bonchev–Trinajstić information content (AvgIpc) is 2.81. The summed E-state index contributed by atoms with van der Waals surface area (Å²) in [5.74, 6) is -1.53. The van der Waals surface area contributed by atoms with Crippen LogP contribution in [0, 0.1) is 0 Å². The highest BCUT2D eigenvalue weighted by molar-refractivity contribution is 5.76. The van der Waals surface area contributed by atoms with Crippen LogP contribution in [0.3, 0.4) is 0 Å². The van der Waals surface area contributed by atoms with Crippen LogP contribution in [0.4, 0.5) is 0 Å². The Morgan fingerprint density at radius 2 is 0.860 bits per heavy atom. The van der Waals surface area contributed by atoms with E-state index >= 15 is 0 Å². The normalized spacial score (nSPS) is 18.6. The number of hydrogen-bond acceptors (Lipinski definition) is 13. The van der Waals surface area contributed by atoms with E-state index in [1.807, 2.05) is 81.9 Å². The molecule has 0 amide bonds. The number of hydrogen-bond donors (Lipinski definition) is 1. The van der Waals surface area contributed by atoms with Gasteiger partial charge >= 0.3 is 23.9 Å². The van der Waals surface area contributed by atoms with Crippen LogP contribution in [0.1, 0.15) is 62.3 Å². The first-order chi connectivity index (χ1) is 19.7. The molecule has 1 aliphatic heterocycles. The van der Waals surface area contributed by atoms with Gasteiger partial charge in [-0.15, -0.1) is 0 Å². The molecule has 1 fully saturated rings. The summed E-state index contributed by atoms with van der Waals surface area (Å²) >= 11 is 0. The molecule has 0 saturated carbocycles. The van der Waals surface area contributed by atoms with Gasteiger partial charge in [-0.05, 0) is 62.3 Å². The summed E-state index contributed by atoms with van der Waals surface area (Å²) in [4.78, 5) is 58.8. The summed E-state index contributed by atoms with van der Waals surface area (Å²) < 4.78 is 21.7. The van der Waals surface area contributed by atoms with Crippen molar-refractivity contribution in [2.45, 2.75) is 85.2 Å². The monoisotopic (exact) mass is 615 g/mol. The second-order valence-corrected chi connectivity index (χ2v) is 13.9. The molecule has 43 heavy (non-hydrogen) atoms. The molecule has 0 aromatic carbocycles. The molecule has 1 aliphatic rings. The van der Waals surface area contributed by atoms with Crippen LogP contribution in [-0.4, -0.2) is 152 Å². The van der Waals surface area contributed by atoms with Gasteiger partial charge in [0.25, 0.3) is 0 Å². The van der Waals surface area contributed by atoms with Gasteiger partial charge in [0.2, 0.25) is 0 Å². The van der Waals surface area contributed by atoms with Crippen molar-refractivity contribution in [1.29, 1.82) is 0 Å². The highest BCUT2D eigenvalue weighted by Gasteiger charge is 2.29. The number of methoxy groups -OCH3 is 1. The first-order valence-corrected chi connectivity index (χ1v) is 15.1. The zero-order valence-electron chi connectivity index (χ0n) is 28.2. The molecule has 0 aromatic heterocycles.